The molecule has 134 valence electrons. The van der Waals surface area contributed by atoms with Crippen LogP contribution in [-0.2, 0) is 0 Å². The summed E-state index contributed by atoms with van der Waals surface area (Å²) in [5, 5.41) is 9.39. The van der Waals surface area contributed by atoms with Gasteiger partial charge >= 0.3 is 0 Å². The number of likely N-dealkylation sites (tertiary alicyclic amines) is 1. The number of amides is 1. The highest BCUT2D eigenvalue weighted by molar-refractivity contribution is 5.95. The molecule has 5 nitrogen and oxygen atoms in total. The molecule has 1 aliphatic heterocycles. The van der Waals surface area contributed by atoms with Gasteiger partial charge in [-0.2, -0.15) is 0 Å². The van der Waals surface area contributed by atoms with Crippen LogP contribution >= 0.6 is 0 Å². The van der Waals surface area contributed by atoms with Gasteiger partial charge in [-0.05, 0) is 60.7 Å². The van der Waals surface area contributed by atoms with E-state index in [1.807, 2.05) is 39.6 Å². The smallest absolute Gasteiger partial charge is 0.253 e. The predicted octanol–water partition coefficient (Wildman–Crippen LogP) is 4.09. The molecule has 0 saturated carbocycles. The zero-order valence-corrected chi connectivity index (χ0v) is 15.2. The second-order valence-electron chi connectivity index (χ2n) is 7.20. The fraction of sp³-hybridized carbons (Fsp3) is 0.227. The van der Waals surface area contributed by atoms with E-state index in [0.29, 0.717) is 0 Å². The molecule has 1 fully saturated rings. The van der Waals surface area contributed by atoms with E-state index in [1.54, 1.807) is 6.33 Å². The first-order valence-corrected chi connectivity index (χ1v) is 9.33. The maximum atomic E-state index is 12.5. The number of benzene rings is 2. The van der Waals surface area contributed by atoms with Crippen molar-refractivity contribution in [3.8, 4) is 11.1 Å². The van der Waals surface area contributed by atoms with Crippen LogP contribution in [0, 0.1) is 6.92 Å². The Morgan fingerprint density at radius 2 is 1.70 bits per heavy atom. The molecule has 0 radical (unpaired) electrons. The van der Waals surface area contributed by atoms with Crippen LogP contribution < -0.4 is 0 Å². The highest BCUT2D eigenvalue weighted by Gasteiger charge is 2.19. The van der Waals surface area contributed by atoms with Gasteiger partial charge in [-0.25, -0.2) is 0 Å². The van der Waals surface area contributed by atoms with E-state index < -0.39 is 0 Å². The van der Waals surface area contributed by atoms with Crippen LogP contribution in [0.1, 0.15) is 28.8 Å². The van der Waals surface area contributed by atoms with Crippen LogP contribution in [0.25, 0.3) is 27.7 Å². The van der Waals surface area contributed by atoms with Gasteiger partial charge in [-0.15, -0.1) is 10.2 Å². The Morgan fingerprint density at radius 3 is 2.48 bits per heavy atom. The Hall–Kier alpha value is -3.21. The maximum Gasteiger partial charge on any atom is 0.253 e. The molecule has 0 N–H and O–H groups in total. The molecule has 1 saturated heterocycles. The fourth-order valence-electron chi connectivity index (χ4n) is 3.95. The van der Waals surface area contributed by atoms with E-state index in [4.69, 9.17) is 0 Å². The van der Waals surface area contributed by atoms with E-state index in [0.717, 1.165) is 53.8 Å². The maximum absolute atomic E-state index is 12.5. The standard InChI is InChI=1S/C22H20N4O/c1-15-12-21-24-23-14-26(21)20-13-18(8-9-19(15)20)16-4-6-17(7-5-16)22(27)25-10-2-3-11-25/h4-9,12-14H,2-3,10-11H2,1H3. The van der Waals surface area contributed by atoms with E-state index in [9.17, 15) is 4.79 Å². The van der Waals surface area contributed by atoms with Crippen LogP contribution in [0.4, 0.5) is 0 Å². The number of carbonyl (C=O) groups excluding carboxylic acids is 1. The van der Waals surface area contributed by atoms with Gasteiger partial charge in [-0.3, -0.25) is 9.20 Å². The average molecular weight is 356 g/mol. The summed E-state index contributed by atoms with van der Waals surface area (Å²) in [6, 6.07) is 16.4. The summed E-state index contributed by atoms with van der Waals surface area (Å²) >= 11 is 0. The second-order valence-corrected chi connectivity index (χ2v) is 7.20. The van der Waals surface area contributed by atoms with Gasteiger partial charge in [0.1, 0.15) is 6.33 Å². The quantitative estimate of drug-likeness (QED) is 0.543. The first kappa shape index (κ1) is 16.0. The van der Waals surface area contributed by atoms with Crippen LogP contribution in [0.3, 0.4) is 0 Å². The normalized spacial score (nSPS) is 14.3. The van der Waals surface area contributed by atoms with E-state index in [1.165, 1.54) is 10.9 Å². The molecule has 5 rings (SSSR count). The average Bonchev–Trinajstić information content (AvgIpc) is 3.39. The predicted molar refractivity (Wildman–Crippen MR) is 106 cm³/mol. The molecule has 1 amide bonds. The molecule has 27 heavy (non-hydrogen) atoms. The monoisotopic (exact) mass is 356 g/mol. The van der Waals surface area contributed by atoms with Crippen LogP contribution in [0.15, 0.2) is 54.9 Å². The highest BCUT2D eigenvalue weighted by atomic mass is 16.2. The first-order chi connectivity index (χ1) is 13.2. The minimum absolute atomic E-state index is 0.138. The third-order valence-electron chi connectivity index (χ3n) is 5.46. The SMILES string of the molecule is Cc1cc2nncn2c2cc(-c3ccc(C(=O)N4CCCC4)cc3)ccc12. The molecule has 0 aliphatic carbocycles. The summed E-state index contributed by atoms with van der Waals surface area (Å²) in [5.41, 5.74) is 6.09. The number of fused-ring (bicyclic) bond motifs is 3. The molecule has 2 aromatic carbocycles. The van der Waals surface area contributed by atoms with Crippen LogP contribution in [0.2, 0.25) is 0 Å². The number of aromatic nitrogens is 3. The van der Waals surface area contributed by atoms with Crippen molar-refractivity contribution in [1.82, 2.24) is 19.5 Å². The van der Waals surface area contributed by atoms with Gasteiger partial charge in [0.05, 0.1) is 5.52 Å². The van der Waals surface area contributed by atoms with E-state index >= 15 is 0 Å². The molecule has 0 spiro atoms. The zero-order chi connectivity index (χ0) is 18.4. The second kappa shape index (κ2) is 6.20. The van der Waals surface area contributed by atoms with Crippen molar-refractivity contribution >= 4 is 22.5 Å². The van der Waals surface area contributed by atoms with E-state index in [2.05, 4.69) is 35.3 Å². The zero-order valence-electron chi connectivity index (χ0n) is 15.2. The Kier molecular flexibility index (Phi) is 3.67. The molecule has 2 aromatic heterocycles. The topological polar surface area (TPSA) is 50.5 Å². The van der Waals surface area contributed by atoms with Crippen molar-refractivity contribution in [3.63, 3.8) is 0 Å². The summed E-state index contributed by atoms with van der Waals surface area (Å²) in [7, 11) is 0. The van der Waals surface area contributed by atoms with Gasteiger partial charge in [0.15, 0.2) is 5.65 Å². The van der Waals surface area contributed by atoms with Gasteiger partial charge in [0.25, 0.3) is 5.91 Å². The third kappa shape index (κ3) is 2.67. The van der Waals surface area contributed by atoms with Gasteiger partial charge in [-0.1, -0.05) is 24.3 Å². The van der Waals surface area contributed by atoms with Crippen molar-refractivity contribution in [2.45, 2.75) is 19.8 Å². The van der Waals surface area contributed by atoms with Gasteiger partial charge < -0.3 is 4.90 Å². The number of pyridine rings is 1. The Morgan fingerprint density at radius 1 is 0.963 bits per heavy atom. The van der Waals surface area contributed by atoms with Crippen molar-refractivity contribution in [2.24, 2.45) is 0 Å². The Labute approximate surface area is 157 Å². The molecule has 3 heterocycles. The molecular formula is C22H20N4O. The Balaban J connectivity index is 1.54. The van der Waals surface area contributed by atoms with Crippen molar-refractivity contribution in [1.29, 1.82) is 0 Å². The van der Waals surface area contributed by atoms with Crippen LogP contribution in [0.5, 0.6) is 0 Å². The lowest BCUT2D eigenvalue weighted by atomic mass is 10.0. The summed E-state index contributed by atoms with van der Waals surface area (Å²) in [6.07, 6.45) is 3.97. The molecule has 0 bridgehead atoms. The molecular weight excluding hydrogens is 336 g/mol. The van der Waals surface area contributed by atoms with Crippen molar-refractivity contribution < 1.29 is 4.79 Å². The van der Waals surface area contributed by atoms with Crippen molar-refractivity contribution in [3.05, 3.63) is 66.0 Å². The van der Waals surface area contributed by atoms with Gasteiger partial charge in [0.2, 0.25) is 0 Å². The number of rotatable bonds is 2. The number of carbonyl (C=O) groups is 1. The molecule has 1 aliphatic rings. The van der Waals surface area contributed by atoms with Crippen molar-refractivity contribution in [2.75, 3.05) is 13.1 Å². The van der Waals surface area contributed by atoms with E-state index in [-0.39, 0.29) is 5.91 Å². The molecule has 5 heteroatoms. The summed E-state index contributed by atoms with van der Waals surface area (Å²) < 4.78 is 2.01. The molecule has 4 aromatic rings. The fourth-order valence-corrected chi connectivity index (χ4v) is 3.95. The first-order valence-electron chi connectivity index (χ1n) is 9.33. The summed E-state index contributed by atoms with van der Waals surface area (Å²) in [5.74, 6) is 0.138. The lowest BCUT2D eigenvalue weighted by molar-refractivity contribution is 0.0793. The van der Waals surface area contributed by atoms with Crippen LogP contribution in [-0.4, -0.2) is 38.5 Å². The number of hydrogen-bond donors (Lipinski definition) is 0. The Bertz CT molecular complexity index is 1150. The summed E-state index contributed by atoms with van der Waals surface area (Å²) in [6.45, 7) is 3.84. The molecule has 0 atom stereocenters. The minimum atomic E-state index is 0.138. The lowest BCUT2D eigenvalue weighted by Crippen LogP contribution is -2.27. The minimum Gasteiger partial charge on any atom is -0.339 e. The summed E-state index contributed by atoms with van der Waals surface area (Å²) in [4.78, 5) is 14.5. The number of aryl methyl sites for hydroxylation is 1. The number of nitrogens with zero attached hydrogens (tertiary/aromatic N) is 4. The highest BCUT2D eigenvalue weighted by Crippen LogP contribution is 2.27. The third-order valence-corrected chi connectivity index (χ3v) is 5.46. The molecule has 0 unspecified atom stereocenters. The number of hydrogen-bond acceptors (Lipinski definition) is 3. The lowest BCUT2D eigenvalue weighted by Gasteiger charge is -2.15. The largest absolute Gasteiger partial charge is 0.339 e. The van der Waals surface area contributed by atoms with Gasteiger partial charge in [0, 0.05) is 24.0 Å².